The highest BCUT2D eigenvalue weighted by Gasteiger charge is 2.22. The van der Waals surface area contributed by atoms with Gasteiger partial charge in [0.2, 0.25) is 11.8 Å². The highest BCUT2D eigenvalue weighted by molar-refractivity contribution is 7.99. The Bertz CT molecular complexity index is 907. The third-order valence-corrected chi connectivity index (χ3v) is 6.41. The van der Waals surface area contributed by atoms with E-state index >= 15 is 0 Å². The quantitative estimate of drug-likeness (QED) is 0.340. The van der Waals surface area contributed by atoms with Crippen molar-refractivity contribution in [2.45, 2.75) is 44.3 Å². The van der Waals surface area contributed by atoms with Gasteiger partial charge in [0, 0.05) is 44.7 Å². The summed E-state index contributed by atoms with van der Waals surface area (Å²) in [5.74, 6) is 1.08. The van der Waals surface area contributed by atoms with Crippen LogP contribution in [0, 0.1) is 0 Å². The number of hydrogen-bond acceptors (Lipinski definition) is 6. The highest BCUT2D eigenvalue weighted by atomic mass is 35.5. The van der Waals surface area contributed by atoms with Gasteiger partial charge < -0.3 is 15.1 Å². The monoisotopic (exact) mass is 475 g/mol. The number of piperazine rings is 1. The summed E-state index contributed by atoms with van der Waals surface area (Å²) in [6.07, 6.45) is 2.32. The van der Waals surface area contributed by atoms with E-state index in [1.807, 2.05) is 36.9 Å². The summed E-state index contributed by atoms with van der Waals surface area (Å²) in [4.78, 5) is 37.1. The number of rotatable bonds is 9. The molecule has 7 nitrogen and oxygen atoms in total. The Morgan fingerprint density at radius 3 is 2.56 bits per heavy atom. The van der Waals surface area contributed by atoms with Crippen LogP contribution in [0.1, 0.15) is 32.3 Å². The van der Waals surface area contributed by atoms with Crippen LogP contribution in [0.3, 0.4) is 0 Å². The fourth-order valence-corrected chi connectivity index (χ4v) is 4.46. The maximum absolute atomic E-state index is 12.4. The first-order valence-electron chi connectivity index (χ1n) is 11.0. The van der Waals surface area contributed by atoms with Crippen molar-refractivity contribution < 1.29 is 9.59 Å². The number of hydrogen-bond donors (Lipinski definition) is 1. The number of nitrogens with zero attached hydrogens (tertiary/aromatic N) is 4. The first-order chi connectivity index (χ1) is 15.4. The second-order valence-electron chi connectivity index (χ2n) is 7.83. The van der Waals surface area contributed by atoms with Crippen molar-refractivity contribution >= 4 is 41.0 Å². The molecule has 2 amide bonds. The van der Waals surface area contributed by atoms with Gasteiger partial charge in [0.05, 0.1) is 5.75 Å². The molecule has 1 N–H and O–H groups in total. The number of amides is 2. The largest absolute Gasteiger partial charge is 0.353 e. The molecule has 0 radical (unpaired) electrons. The zero-order valence-electron chi connectivity index (χ0n) is 18.6. The van der Waals surface area contributed by atoms with Gasteiger partial charge in [-0.2, -0.15) is 0 Å². The number of anilines is 1. The Kier molecular flexibility index (Phi) is 9.17. The number of thioether (sulfide) groups is 1. The Morgan fingerprint density at radius 1 is 1.16 bits per heavy atom. The molecule has 0 saturated carbocycles. The van der Waals surface area contributed by atoms with E-state index in [1.54, 1.807) is 6.07 Å². The molecule has 1 unspecified atom stereocenters. The molecule has 1 saturated heterocycles. The van der Waals surface area contributed by atoms with E-state index in [4.69, 9.17) is 11.6 Å². The number of benzene rings is 1. The van der Waals surface area contributed by atoms with E-state index in [9.17, 15) is 9.59 Å². The zero-order valence-corrected chi connectivity index (χ0v) is 20.2. The van der Waals surface area contributed by atoms with E-state index in [0.29, 0.717) is 42.9 Å². The summed E-state index contributed by atoms with van der Waals surface area (Å²) < 4.78 is 0. The average molecular weight is 476 g/mol. The fourth-order valence-electron chi connectivity index (χ4n) is 3.57. The molecule has 2 heterocycles. The van der Waals surface area contributed by atoms with Crippen molar-refractivity contribution in [1.82, 2.24) is 20.2 Å². The minimum absolute atomic E-state index is 0.0487. The van der Waals surface area contributed by atoms with Crippen LogP contribution in [0.25, 0.3) is 0 Å². The molecule has 1 aromatic carbocycles. The van der Waals surface area contributed by atoms with Gasteiger partial charge in [-0.15, -0.1) is 0 Å². The van der Waals surface area contributed by atoms with E-state index in [-0.39, 0.29) is 23.6 Å². The lowest BCUT2D eigenvalue weighted by molar-refractivity contribution is -0.131. The van der Waals surface area contributed by atoms with Gasteiger partial charge in [-0.05, 0) is 25.3 Å². The minimum Gasteiger partial charge on any atom is -0.353 e. The SMILES string of the molecule is CCC(=O)N1CCN(c2cc(Cl)nc(SCC(=O)NC(C)CCc3ccccc3)n2)CC1. The average Bonchev–Trinajstić information content (AvgIpc) is 2.81. The number of carbonyl (C=O) groups excluding carboxylic acids is 2. The number of aryl methyl sites for hydroxylation is 1. The third-order valence-electron chi connectivity index (χ3n) is 5.37. The minimum atomic E-state index is -0.0487. The van der Waals surface area contributed by atoms with Crippen LogP contribution >= 0.6 is 23.4 Å². The smallest absolute Gasteiger partial charge is 0.230 e. The number of nitrogens with one attached hydrogen (secondary N) is 1. The second kappa shape index (κ2) is 12.1. The van der Waals surface area contributed by atoms with Gasteiger partial charge in [0.15, 0.2) is 5.16 Å². The van der Waals surface area contributed by atoms with Crippen molar-refractivity contribution in [2.24, 2.45) is 0 Å². The predicted octanol–water partition coefficient (Wildman–Crippen LogP) is 3.42. The molecule has 2 aromatic rings. The van der Waals surface area contributed by atoms with Crippen LogP contribution in [-0.4, -0.2) is 64.7 Å². The zero-order chi connectivity index (χ0) is 22.9. The molecule has 9 heteroatoms. The van der Waals surface area contributed by atoms with Crippen LogP contribution in [0.15, 0.2) is 41.6 Å². The Labute approximate surface area is 198 Å². The summed E-state index contributed by atoms with van der Waals surface area (Å²) in [5, 5.41) is 3.86. The molecule has 1 atom stereocenters. The lowest BCUT2D eigenvalue weighted by Gasteiger charge is -2.35. The summed E-state index contributed by atoms with van der Waals surface area (Å²) in [7, 11) is 0. The van der Waals surface area contributed by atoms with Gasteiger partial charge >= 0.3 is 0 Å². The second-order valence-corrected chi connectivity index (χ2v) is 9.16. The summed E-state index contributed by atoms with van der Waals surface area (Å²) in [6.45, 7) is 6.62. The number of aromatic nitrogens is 2. The highest BCUT2D eigenvalue weighted by Crippen LogP contribution is 2.23. The summed E-state index contributed by atoms with van der Waals surface area (Å²) >= 11 is 7.49. The summed E-state index contributed by atoms with van der Waals surface area (Å²) in [6, 6.07) is 12.1. The maximum Gasteiger partial charge on any atom is 0.230 e. The molecular weight excluding hydrogens is 446 g/mol. The van der Waals surface area contributed by atoms with Crippen LogP contribution in [0.2, 0.25) is 5.15 Å². The van der Waals surface area contributed by atoms with Crippen molar-refractivity contribution in [2.75, 3.05) is 36.8 Å². The fraction of sp³-hybridized carbons (Fsp3) is 0.478. The Balaban J connectivity index is 1.47. The van der Waals surface area contributed by atoms with E-state index < -0.39 is 0 Å². The van der Waals surface area contributed by atoms with Gasteiger partial charge in [-0.1, -0.05) is 60.6 Å². The molecular formula is C23H30ClN5O2S. The van der Waals surface area contributed by atoms with Crippen molar-refractivity contribution in [1.29, 1.82) is 0 Å². The van der Waals surface area contributed by atoms with Crippen molar-refractivity contribution in [3.05, 3.63) is 47.1 Å². The van der Waals surface area contributed by atoms with Gasteiger partial charge in [0.25, 0.3) is 0 Å². The molecule has 1 aliphatic rings. The Hall–Kier alpha value is -2.32. The molecule has 3 rings (SSSR count). The number of carbonyl (C=O) groups is 2. The van der Waals surface area contributed by atoms with Crippen molar-refractivity contribution in [3.63, 3.8) is 0 Å². The normalized spacial score (nSPS) is 14.8. The first-order valence-corrected chi connectivity index (χ1v) is 12.3. The standard InChI is InChI=1S/C23H30ClN5O2S/c1-3-22(31)29-13-11-28(12-14-29)20-15-19(24)26-23(27-20)32-16-21(30)25-17(2)9-10-18-7-5-4-6-8-18/h4-8,15,17H,3,9-14,16H2,1-2H3,(H,25,30). The first kappa shape index (κ1) is 24.3. The van der Waals surface area contributed by atoms with Gasteiger partial charge in [0.1, 0.15) is 11.0 Å². The van der Waals surface area contributed by atoms with Crippen LogP contribution in [0.5, 0.6) is 0 Å². The topological polar surface area (TPSA) is 78.4 Å². The van der Waals surface area contributed by atoms with E-state index in [1.165, 1.54) is 17.3 Å². The van der Waals surface area contributed by atoms with E-state index in [0.717, 1.165) is 18.7 Å². The molecule has 32 heavy (non-hydrogen) atoms. The molecule has 1 fully saturated rings. The van der Waals surface area contributed by atoms with Gasteiger partial charge in [-0.3, -0.25) is 9.59 Å². The molecule has 0 bridgehead atoms. The van der Waals surface area contributed by atoms with Crippen LogP contribution in [-0.2, 0) is 16.0 Å². The molecule has 0 spiro atoms. The third kappa shape index (κ3) is 7.38. The summed E-state index contributed by atoms with van der Waals surface area (Å²) in [5.41, 5.74) is 1.27. The Morgan fingerprint density at radius 2 is 1.88 bits per heavy atom. The van der Waals surface area contributed by atoms with Crippen molar-refractivity contribution in [3.8, 4) is 0 Å². The van der Waals surface area contributed by atoms with Crippen LogP contribution < -0.4 is 10.2 Å². The molecule has 1 aromatic heterocycles. The molecule has 172 valence electrons. The maximum atomic E-state index is 12.4. The van der Waals surface area contributed by atoms with Gasteiger partial charge in [-0.25, -0.2) is 9.97 Å². The van der Waals surface area contributed by atoms with E-state index in [2.05, 4.69) is 32.3 Å². The number of halogens is 1. The van der Waals surface area contributed by atoms with Crippen LogP contribution in [0.4, 0.5) is 5.82 Å². The lowest BCUT2D eigenvalue weighted by Crippen LogP contribution is -2.48. The molecule has 1 aliphatic heterocycles. The molecule has 0 aliphatic carbocycles. The predicted molar refractivity (Wildman–Crippen MR) is 129 cm³/mol. The lowest BCUT2D eigenvalue weighted by atomic mass is 10.1.